The van der Waals surface area contributed by atoms with Gasteiger partial charge in [0, 0.05) is 12.1 Å². The zero-order chi connectivity index (χ0) is 58.5. The van der Waals surface area contributed by atoms with Crippen LogP contribution in [0.5, 0.6) is 11.5 Å². The van der Waals surface area contributed by atoms with E-state index in [4.69, 9.17) is 38.4 Å². The Kier molecular flexibility index (Phi) is 15.5. The fourth-order valence-electron chi connectivity index (χ4n) is 9.68. The number of aromatic nitrogens is 2. The van der Waals surface area contributed by atoms with Gasteiger partial charge in [0.2, 0.25) is 22.3 Å². The lowest BCUT2D eigenvalue weighted by Gasteiger charge is -2.28. The second kappa shape index (κ2) is 23.6. The second-order valence-electron chi connectivity index (χ2n) is 18.4. The summed E-state index contributed by atoms with van der Waals surface area (Å²) in [6.45, 7) is -1.15. The maximum atomic E-state index is 15.8. The van der Waals surface area contributed by atoms with E-state index in [1.165, 1.54) is 26.4 Å². The molecule has 0 saturated carbocycles. The summed E-state index contributed by atoms with van der Waals surface area (Å²) in [7, 11) is 2.82. The van der Waals surface area contributed by atoms with Gasteiger partial charge >= 0.3 is 23.9 Å². The number of nitriles is 4. The quantitative estimate of drug-likeness (QED) is 0.0334. The van der Waals surface area contributed by atoms with Crippen LogP contribution in [0.1, 0.15) is 44.8 Å². The van der Waals surface area contributed by atoms with Crippen molar-refractivity contribution in [2.45, 2.75) is 37.3 Å². The van der Waals surface area contributed by atoms with E-state index in [0.29, 0.717) is 32.0 Å². The van der Waals surface area contributed by atoms with E-state index >= 15 is 19.2 Å². The molecule has 4 aromatic heterocycles. The van der Waals surface area contributed by atoms with Crippen molar-refractivity contribution in [3.63, 3.8) is 0 Å². The molecule has 9 aromatic rings. The summed E-state index contributed by atoms with van der Waals surface area (Å²) >= 11 is 4.16. The maximum Gasteiger partial charge on any atom is 0.334 e. The number of hydrogen-bond donors (Lipinski definition) is 0. The number of aliphatic imine (C=N–C) groups is 2. The predicted octanol–water partition coefficient (Wildman–Crippen LogP) is 11.8. The Morgan fingerprint density at radius 2 is 0.738 bits per heavy atom. The van der Waals surface area contributed by atoms with E-state index in [2.05, 4.69) is 9.98 Å². The lowest BCUT2D eigenvalue weighted by Crippen LogP contribution is -2.47. The summed E-state index contributed by atoms with van der Waals surface area (Å²) < 4.78 is 36.5. The third kappa shape index (κ3) is 9.91. The van der Waals surface area contributed by atoms with Gasteiger partial charge in [0.15, 0.2) is 0 Å². The lowest BCUT2D eigenvalue weighted by atomic mass is 9.76. The van der Waals surface area contributed by atoms with Crippen molar-refractivity contribution in [3.05, 3.63) is 190 Å². The minimum Gasteiger partial charge on any atom is -0.495 e. The molecule has 84 heavy (non-hydrogen) atoms. The molecule has 0 atom stereocenters. The highest BCUT2D eigenvalue weighted by Crippen LogP contribution is 2.62. The average Bonchev–Trinajstić information content (AvgIpc) is 1.54. The van der Waals surface area contributed by atoms with Crippen molar-refractivity contribution in [1.82, 2.24) is 9.97 Å². The predicted molar refractivity (Wildman–Crippen MR) is 312 cm³/mol. The highest BCUT2D eigenvalue weighted by Gasteiger charge is 2.65. The Morgan fingerprint density at radius 1 is 0.440 bits per heavy atom. The number of hydrogen-bond acceptors (Lipinski definition) is 22. The van der Waals surface area contributed by atoms with Gasteiger partial charge in [-0.1, -0.05) is 121 Å². The van der Waals surface area contributed by atoms with Crippen LogP contribution < -0.4 is 9.47 Å². The van der Waals surface area contributed by atoms with Crippen molar-refractivity contribution in [1.29, 1.82) is 21.0 Å². The van der Waals surface area contributed by atoms with Crippen LogP contribution >= 0.6 is 45.3 Å². The van der Waals surface area contributed by atoms with Crippen LogP contribution in [-0.4, -0.2) is 59.5 Å². The molecule has 2 aliphatic rings. The molecule has 0 unspecified atom stereocenters. The molecule has 0 fully saturated rings. The van der Waals surface area contributed by atoms with Crippen LogP contribution in [0.3, 0.4) is 0 Å². The molecular formula is C62H38N8O10S4. The van der Waals surface area contributed by atoms with Crippen LogP contribution in [0.15, 0.2) is 156 Å². The summed E-state index contributed by atoms with van der Waals surface area (Å²) in [6.07, 6.45) is 0. The lowest BCUT2D eigenvalue weighted by molar-refractivity contribution is -0.166. The van der Waals surface area contributed by atoms with E-state index in [-0.39, 0.29) is 101 Å². The molecule has 0 N–H and O–H groups in total. The highest BCUT2D eigenvalue weighted by molar-refractivity contribution is 7.26. The number of esters is 4. The van der Waals surface area contributed by atoms with Crippen molar-refractivity contribution in [2.24, 2.45) is 9.98 Å². The van der Waals surface area contributed by atoms with Crippen LogP contribution in [-0.2, 0) is 75.4 Å². The first-order valence-electron chi connectivity index (χ1n) is 25.2. The normalized spacial score (nSPS) is 12.5. The number of thiazole rings is 2. The molecule has 11 rings (SSSR count). The first kappa shape index (κ1) is 55.4. The van der Waals surface area contributed by atoms with Crippen LogP contribution in [0.4, 0.5) is 10.0 Å². The molecule has 22 heteroatoms. The Labute approximate surface area is 494 Å². The van der Waals surface area contributed by atoms with Crippen LogP contribution in [0, 0.1) is 45.3 Å². The summed E-state index contributed by atoms with van der Waals surface area (Å²) in [5.41, 5.74) is -3.27. The number of fused-ring (bicyclic) bond motifs is 6. The number of ether oxygens (including phenoxy) is 6. The number of carbonyl (C=O) groups is 4. The van der Waals surface area contributed by atoms with E-state index in [0.717, 1.165) is 45.3 Å². The summed E-state index contributed by atoms with van der Waals surface area (Å²) in [6, 6.07) is 48.6. The monoisotopic (exact) mass is 1180 g/mol. The minimum absolute atomic E-state index is 0.0339. The molecule has 5 aromatic carbocycles. The molecule has 0 amide bonds. The second-order valence-corrected chi connectivity index (χ2v) is 22.5. The fourth-order valence-corrected chi connectivity index (χ4v) is 14.2. The Bertz CT molecular complexity index is 3910. The Morgan fingerprint density at radius 3 is 1.01 bits per heavy atom. The maximum absolute atomic E-state index is 15.8. The zero-order valence-corrected chi connectivity index (χ0v) is 47.2. The molecule has 18 nitrogen and oxygen atoms in total. The van der Waals surface area contributed by atoms with Gasteiger partial charge in [-0.25, -0.2) is 20.0 Å². The minimum atomic E-state index is -2.53. The Balaban J connectivity index is 1.19. The zero-order valence-electron chi connectivity index (χ0n) is 44.0. The Hall–Kier alpha value is -10.5. The molecule has 0 aliphatic heterocycles. The summed E-state index contributed by atoms with van der Waals surface area (Å²) in [5.74, 6) is -3.79. The van der Waals surface area contributed by atoms with Gasteiger partial charge in [-0.15, -0.1) is 45.3 Å². The molecule has 2 aliphatic carbocycles. The summed E-state index contributed by atoms with van der Waals surface area (Å²) in [5, 5.41) is 39.3. The number of benzene rings is 5. The number of methoxy groups -OCH3 is 2. The first-order chi connectivity index (χ1) is 41.0. The van der Waals surface area contributed by atoms with E-state index in [1.807, 2.05) is 0 Å². The van der Waals surface area contributed by atoms with Gasteiger partial charge in [0.05, 0.1) is 35.4 Å². The molecular weight excluding hydrogens is 1140 g/mol. The number of nitrogens with zero attached hydrogens (tertiary/aromatic N) is 8. The average molecular weight is 1180 g/mol. The van der Waals surface area contributed by atoms with Crippen molar-refractivity contribution in [2.75, 3.05) is 14.2 Å². The smallest absolute Gasteiger partial charge is 0.334 e. The first-order valence-corrected chi connectivity index (χ1v) is 28.5. The SMILES string of the molecule is COc1cc(N=C(C#N)C#N)sc1-c1nc2c(s1)-c1cc3c(cc1C2(C(=O)OCc1ccccc1)C(=O)OCc1ccccc1)-c1sc(-c2sc(N=C(C#N)C#N)cc2OC)nc1C3(C(=O)OCc1ccccc1)C(=O)OCc1ccccc1. The van der Waals surface area contributed by atoms with Gasteiger partial charge in [0.1, 0.15) is 92.0 Å². The van der Waals surface area contributed by atoms with Gasteiger partial charge in [-0.2, -0.15) is 21.0 Å². The van der Waals surface area contributed by atoms with Crippen molar-refractivity contribution in [3.8, 4) is 76.4 Å². The molecule has 0 radical (unpaired) electrons. The van der Waals surface area contributed by atoms with Gasteiger partial charge in [0.25, 0.3) is 0 Å². The van der Waals surface area contributed by atoms with E-state index < -0.39 is 46.1 Å². The topological polar surface area (TPSA) is 269 Å². The van der Waals surface area contributed by atoms with E-state index in [1.54, 1.807) is 158 Å². The van der Waals surface area contributed by atoms with Crippen molar-refractivity contribution >= 4 is 90.6 Å². The molecule has 4 heterocycles. The van der Waals surface area contributed by atoms with Crippen LogP contribution in [0.25, 0.3) is 40.7 Å². The fraction of sp³-hybridized carbons (Fsp3) is 0.129. The standard InChI is InChI=1S/C62H38N8O10S4/c1-75-45-25-47(67-39(27-63)28-64)81-51(45)55-69-53-49(83-55)41-23-44-42(24-43(41)61(53,57(71)77-31-35-15-7-3-8-16-35)58(72)78-32-36-17-9-4-10-18-36)50-54(70-56(84-50)52-46(76-2)26-48(82-52)68-40(29-65)30-66)62(44,59(73)79-33-37-19-11-5-12-20-37)60(74)80-34-38-21-13-6-14-22-38/h3-26H,31-34H2,1-2H3. The van der Waals surface area contributed by atoms with Gasteiger partial charge in [-0.3, -0.25) is 19.2 Å². The number of thiophene rings is 2. The van der Waals surface area contributed by atoms with Crippen molar-refractivity contribution < 1.29 is 47.6 Å². The highest BCUT2D eigenvalue weighted by atomic mass is 32.1. The third-order valence-corrected chi connectivity index (χ3v) is 18.1. The van der Waals surface area contributed by atoms with E-state index in [9.17, 15) is 21.0 Å². The third-order valence-electron chi connectivity index (χ3n) is 13.6. The van der Waals surface area contributed by atoms with Gasteiger partial charge in [-0.05, 0) is 56.6 Å². The molecule has 0 saturated heterocycles. The van der Waals surface area contributed by atoms with Crippen LogP contribution in [0.2, 0.25) is 0 Å². The number of rotatable bonds is 18. The number of carbonyl (C=O) groups excluding carboxylic acids is 4. The molecule has 0 spiro atoms. The molecule has 0 bridgehead atoms. The largest absolute Gasteiger partial charge is 0.495 e. The molecule has 410 valence electrons. The summed E-state index contributed by atoms with van der Waals surface area (Å²) in [4.78, 5) is 83.1. The van der Waals surface area contributed by atoms with Gasteiger partial charge < -0.3 is 28.4 Å².